The van der Waals surface area contributed by atoms with Gasteiger partial charge < -0.3 is 9.84 Å². The fourth-order valence-corrected chi connectivity index (χ4v) is 3.34. The first-order chi connectivity index (χ1) is 16.5. The Labute approximate surface area is 197 Å². The van der Waals surface area contributed by atoms with Gasteiger partial charge in [0, 0.05) is 10.9 Å². The Morgan fingerprint density at radius 2 is 1.76 bits per heavy atom. The van der Waals surface area contributed by atoms with Crippen LogP contribution in [0.5, 0.6) is 11.5 Å². The van der Waals surface area contributed by atoms with E-state index in [1.165, 1.54) is 12.3 Å². The number of amides is 1. The molecule has 1 amide bonds. The number of nitrogens with one attached hydrogen (secondary N) is 1. The SMILES string of the molecule is Cc1cccc(OCC(=O)N/N=C\c2cc(N=Nc3cccc4ccccc34)ccc2O)c1C. The molecule has 0 unspecified atom stereocenters. The van der Waals surface area contributed by atoms with Crippen LogP contribution in [-0.4, -0.2) is 23.8 Å². The Morgan fingerprint density at radius 3 is 2.65 bits per heavy atom. The van der Waals surface area contributed by atoms with Gasteiger partial charge in [-0.3, -0.25) is 4.79 Å². The van der Waals surface area contributed by atoms with E-state index in [1.807, 2.05) is 74.5 Å². The van der Waals surface area contributed by atoms with Crippen LogP contribution in [0.25, 0.3) is 10.8 Å². The molecule has 0 aliphatic heterocycles. The average Bonchev–Trinajstić information content (AvgIpc) is 2.85. The van der Waals surface area contributed by atoms with Gasteiger partial charge >= 0.3 is 0 Å². The largest absolute Gasteiger partial charge is 0.507 e. The van der Waals surface area contributed by atoms with Gasteiger partial charge in [-0.1, -0.05) is 48.5 Å². The number of aromatic hydroxyl groups is 1. The van der Waals surface area contributed by atoms with Gasteiger partial charge in [0.05, 0.1) is 17.6 Å². The van der Waals surface area contributed by atoms with Gasteiger partial charge in [-0.2, -0.15) is 10.2 Å². The molecule has 7 heteroatoms. The first kappa shape index (κ1) is 22.7. The van der Waals surface area contributed by atoms with E-state index in [0.29, 0.717) is 17.0 Å². The van der Waals surface area contributed by atoms with Crippen LogP contribution in [0.1, 0.15) is 16.7 Å². The predicted octanol–water partition coefficient (Wildman–Crippen LogP) is 6.11. The second-order valence-electron chi connectivity index (χ2n) is 7.72. The van der Waals surface area contributed by atoms with Crippen molar-refractivity contribution in [2.75, 3.05) is 6.61 Å². The summed E-state index contributed by atoms with van der Waals surface area (Å²) in [5.74, 6) is 0.248. The first-order valence-electron chi connectivity index (χ1n) is 10.7. The number of rotatable bonds is 7. The fourth-order valence-electron chi connectivity index (χ4n) is 3.34. The molecular weight excluding hydrogens is 428 g/mol. The Kier molecular flexibility index (Phi) is 6.93. The zero-order valence-electron chi connectivity index (χ0n) is 18.9. The van der Waals surface area contributed by atoms with Crippen LogP contribution in [-0.2, 0) is 4.79 Å². The Balaban J connectivity index is 1.40. The quantitative estimate of drug-likeness (QED) is 0.201. The maximum Gasteiger partial charge on any atom is 0.277 e. The summed E-state index contributed by atoms with van der Waals surface area (Å²) in [5, 5.41) is 24.8. The van der Waals surface area contributed by atoms with Crippen LogP contribution in [0.3, 0.4) is 0 Å². The number of phenolic OH excluding ortho intramolecular Hbond substituents is 1. The monoisotopic (exact) mass is 452 g/mol. The number of hydrogen-bond acceptors (Lipinski definition) is 6. The summed E-state index contributed by atoms with van der Waals surface area (Å²) in [6.07, 6.45) is 1.35. The van der Waals surface area contributed by atoms with Crippen LogP contribution in [0, 0.1) is 13.8 Å². The van der Waals surface area contributed by atoms with Crippen LogP contribution < -0.4 is 10.2 Å². The molecule has 0 fully saturated rings. The third-order valence-corrected chi connectivity index (χ3v) is 5.36. The van der Waals surface area contributed by atoms with Crippen molar-refractivity contribution >= 4 is 34.3 Å². The van der Waals surface area contributed by atoms with Gasteiger partial charge in [0.2, 0.25) is 0 Å². The van der Waals surface area contributed by atoms with E-state index >= 15 is 0 Å². The number of carbonyl (C=O) groups excluding carboxylic acids is 1. The van der Waals surface area contributed by atoms with E-state index in [1.54, 1.807) is 12.1 Å². The van der Waals surface area contributed by atoms with E-state index < -0.39 is 5.91 Å². The second-order valence-corrected chi connectivity index (χ2v) is 7.72. The van der Waals surface area contributed by atoms with Crippen molar-refractivity contribution in [1.82, 2.24) is 5.43 Å². The van der Waals surface area contributed by atoms with Crippen molar-refractivity contribution in [1.29, 1.82) is 0 Å². The van der Waals surface area contributed by atoms with Crippen molar-refractivity contribution < 1.29 is 14.6 Å². The predicted molar refractivity (Wildman–Crippen MR) is 133 cm³/mol. The van der Waals surface area contributed by atoms with Crippen molar-refractivity contribution in [3.8, 4) is 11.5 Å². The lowest BCUT2D eigenvalue weighted by Gasteiger charge is -2.09. The molecule has 0 aliphatic rings. The highest BCUT2D eigenvalue weighted by Gasteiger charge is 2.06. The number of carbonyl (C=O) groups is 1. The molecule has 7 nitrogen and oxygen atoms in total. The Hall–Kier alpha value is -4.52. The smallest absolute Gasteiger partial charge is 0.277 e. The van der Waals surface area contributed by atoms with Gasteiger partial charge in [-0.05, 0) is 60.7 Å². The minimum atomic E-state index is -0.413. The fraction of sp³-hybridized carbons (Fsp3) is 0.111. The van der Waals surface area contributed by atoms with Crippen LogP contribution >= 0.6 is 0 Å². The summed E-state index contributed by atoms with van der Waals surface area (Å²) in [5.41, 5.74) is 6.15. The summed E-state index contributed by atoms with van der Waals surface area (Å²) in [6.45, 7) is 3.75. The Bertz CT molecular complexity index is 1390. The lowest BCUT2D eigenvalue weighted by atomic mass is 10.1. The van der Waals surface area contributed by atoms with E-state index in [4.69, 9.17) is 4.74 Å². The lowest BCUT2D eigenvalue weighted by molar-refractivity contribution is -0.123. The third-order valence-electron chi connectivity index (χ3n) is 5.36. The van der Waals surface area contributed by atoms with Crippen molar-refractivity contribution in [2.24, 2.45) is 15.3 Å². The van der Waals surface area contributed by atoms with Crippen LogP contribution in [0.4, 0.5) is 11.4 Å². The number of benzene rings is 4. The average molecular weight is 453 g/mol. The van der Waals surface area contributed by atoms with Crippen molar-refractivity contribution in [3.63, 3.8) is 0 Å². The molecule has 0 saturated heterocycles. The van der Waals surface area contributed by atoms with Crippen LogP contribution in [0.15, 0.2) is 94.2 Å². The summed E-state index contributed by atoms with van der Waals surface area (Å²) >= 11 is 0. The molecule has 0 atom stereocenters. The maximum absolute atomic E-state index is 12.1. The van der Waals surface area contributed by atoms with Gasteiger partial charge in [-0.15, -0.1) is 5.11 Å². The number of azo groups is 1. The summed E-state index contributed by atoms with van der Waals surface area (Å²) in [4.78, 5) is 12.1. The standard InChI is InChI=1S/C27H24N4O3/c1-18-7-5-12-26(19(18)2)34-17-27(33)31-28-16-21-15-22(13-14-25(21)32)29-30-24-11-6-9-20-8-3-4-10-23(20)24/h3-16,32H,17H2,1-2H3,(H,31,33)/b28-16-,30-29?. The number of hydrazone groups is 1. The molecule has 34 heavy (non-hydrogen) atoms. The molecule has 0 aliphatic carbocycles. The maximum atomic E-state index is 12.1. The third kappa shape index (κ3) is 5.45. The number of nitrogens with zero attached hydrogens (tertiary/aromatic N) is 3. The molecule has 4 aromatic carbocycles. The lowest BCUT2D eigenvalue weighted by Crippen LogP contribution is -2.24. The molecule has 170 valence electrons. The molecule has 4 rings (SSSR count). The van der Waals surface area contributed by atoms with E-state index in [-0.39, 0.29) is 12.4 Å². The number of phenols is 1. The molecule has 0 radical (unpaired) electrons. The number of hydrogen-bond donors (Lipinski definition) is 2. The number of aryl methyl sites for hydroxylation is 1. The molecule has 0 heterocycles. The molecular formula is C27H24N4O3. The van der Waals surface area contributed by atoms with Crippen molar-refractivity contribution in [3.05, 3.63) is 95.6 Å². The first-order valence-corrected chi connectivity index (χ1v) is 10.7. The molecule has 0 bridgehead atoms. The molecule has 0 aromatic heterocycles. The highest BCUT2D eigenvalue weighted by atomic mass is 16.5. The van der Waals surface area contributed by atoms with E-state index in [0.717, 1.165) is 27.6 Å². The summed E-state index contributed by atoms with van der Waals surface area (Å²) < 4.78 is 5.57. The topological polar surface area (TPSA) is 95.6 Å². The number of ether oxygens (including phenoxy) is 1. The zero-order valence-corrected chi connectivity index (χ0v) is 18.9. The van der Waals surface area contributed by atoms with Gasteiger partial charge in [-0.25, -0.2) is 5.43 Å². The highest BCUT2D eigenvalue weighted by Crippen LogP contribution is 2.28. The normalized spacial score (nSPS) is 11.4. The Morgan fingerprint density at radius 1 is 0.971 bits per heavy atom. The summed E-state index contributed by atoms with van der Waals surface area (Å²) in [6, 6.07) is 24.2. The van der Waals surface area contributed by atoms with Crippen molar-refractivity contribution in [2.45, 2.75) is 13.8 Å². The molecule has 4 aromatic rings. The minimum absolute atomic E-state index is 0.00810. The molecule has 0 saturated carbocycles. The van der Waals surface area contributed by atoms with E-state index in [9.17, 15) is 9.90 Å². The van der Waals surface area contributed by atoms with Crippen LogP contribution in [0.2, 0.25) is 0 Å². The van der Waals surface area contributed by atoms with E-state index in [2.05, 4.69) is 20.8 Å². The van der Waals surface area contributed by atoms with Gasteiger partial charge in [0.15, 0.2) is 6.61 Å². The second kappa shape index (κ2) is 10.4. The van der Waals surface area contributed by atoms with Gasteiger partial charge in [0.25, 0.3) is 5.91 Å². The number of fused-ring (bicyclic) bond motifs is 1. The zero-order chi connectivity index (χ0) is 23.9. The molecule has 0 spiro atoms. The minimum Gasteiger partial charge on any atom is -0.507 e. The summed E-state index contributed by atoms with van der Waals surface area (Å²) in [7, 11) is 0. The highest BCUT2D eigenvalue weighted by molar-refractivity contribution is 5.92. The van der Waals surface area contributed by atoms with Gasteiger partial charge in [0.1, 0.15) is 11.5 Å². The molecule has 2 N–H and O–H groups in total.